The minimum absolute atomic E-state index is 0.216. The lowest BCUT2D eigenvalue weighted by molar-refractivity contribution is -0.119. The van der Waals surface area contributed by atoms with Crippen molar-refractivity contribution in [1.82, 2.24) is 14.7 Å². The number of carbonyl (C=O) groups excluding carboxylic acids is 2. The molecule has 160 valence electrons. The first-order valence-corrected chi connectivity index (χ1v) is 11.2. The number of anilines is 1. The highest BCUT2D eigenvalue weighted by Crippen LogP contribution is 2.25. The maximum Gasteiger partial charge on any atom is 0.258 e. The van der Waals surface area contributed by atoms with E-state index in [1.807, 2.05) is 24.3 Å². The second-order valence-corrected chi connectivity index (χ2v) is 8.43. The minimum Gasteiger partial charge on any atom is -0.497 e. The van der Waals surface area contributed by atoms with Crippen LogP contribution in [0.15, 0.2) is 60.9 Å². The number of thioether (sulfide) groups is 1. The van der Waals surface area contributed by atoms with E-state index in [0.717, 1.165) is 5.56 Å². The second-order valence-electron chi connectivity index (χ2n) is 7.03. The molecule has 2 amide bonds. The highest BCUT2D eigenvalue weighted by Gasteiger charge is 2.35. The fourth-order valence-electron chi connectivity index (χ4n) is 3.29. The summed E-state index contributed by atoms with van der Waals surface area (Å²) >= 11 is 7.76. The molecule has 2 heterocycles. The highest BCUT2D eigenvalue weighted by molar-refractivity contribution is 7.99. The average Bonchev–Trinajstić information content (AvgIpc) is 3.45. The van der Waals surface area contributed by atoms with Gasteiger partial charge in [0.25, 0.3) is 5.91 Å². The first kappa shape index (κ1) is 21.3. The molecule has 1 aromatic heterocycles. The van der Waals surface area contributed by atoms with Gasteiger partial charge in [-0.3, -0.25) is 14.3 Å². The molecule has 2 aromatic carbocycles. The molecule has 3 aromatic rings. The number of ether oxygens (including phenoxy) is 1. The van der Waals surface area contributed by atoms with Crippen LogP contribution in [-0.2, 0) is 11.3 Å². The van der Waals surface area contributed by atoms with E-state index in [4.69, 9.17) is 16.3 Å². The molecule has 1 saturated heterocycles. The van der Waals surface area contributed by atoms with Gasteiger partial charge in [-0.1, -0.05) is 29.8 Å². The fourth-order valence-corrected chi connectivity index (χ4v) is 4.64. The molecule has 31 heavy (non-hydrogen) atoms. The molecule has 0 saturated carbocycles. The van der Waals surface area contributed by atoms with Crippen LogP contribution in [0, 0.1) is 0 Å². The van der Waals surface area contributed by atoms with Gasteiger partial charge in [0, 0.05) is 22.7 Å². The van der Waals surface area contributed by atoms with Gasteiger partial charge in [-0.05, 0) is 35.9 Å². The Morgan fingerprint density at radius 2 is 2.00 bits per heavy atom. The van der Waals surface area contributed by atoms with Crippen LogP contribution in [0.2, 0.25) is 5.02 Å². The predicted octanol–water partition coefficient (Wildman–Crippen LogP) is 3.75. The molecular weight excluding hydrogens is 436 g/mol. The van der Waals surface area contributed by atoms with Gasteiger partial charge in [0.2, 0.25) is 5.91 Å². The Morgan fingerprint density at radius 3 is 2.74 bits per heavy atom. The Hall–Kier alpha value is -2.97. The van der Waals surface area contributed by atoms with Crippen molar-refractivity contribution in [2.24, 2.45) is 0 Å². The summed E-state index contributed by atoms with van der Waals surface area (Å²) in [5, 5.41) is 7.82. The maximum atomic E-state index is 13.1. The number of rotatable bonds is 6. The number of carbonyl (C=O) groups is 2. The van der Waals surface area contributed by atoms with E-state index in [1.54, 1.807) is 58.9 Å². The van der Waals surface area contributed by atoms with Crippen LogP contribution in [0.4, 0.5) is 5.69 Å². The van der Waals surface area contributed by atoms with Crippen molar-refractivity contribution in [3.8, 4) is 5.75 Å². The number of amides is 2. The summed E-state index contributed by atoms with van der Waals surface area (Å²) in [5.74, 6) is 1.27. The van der Waals surface area contributed by atoms with E-state index in [-0.39, 0.29) is 11.8 Å². The quantitative estimate of drug-likeness (QED) is 0.611. The van der Waals surface area contributed by atoms with Crippen LogP contribution in [0.5, 0.6) is 5.75 Å². The molecule has 0 bridgehead atoms. The van der Waals surface area contributed by atoms with Gasteiger partial charge < -0.3 is 15.0 Å². The lowest BCUT2D eigenvalue weighted by atomic mass is 10.2. The molecule has 4 rings (SSSR count). The van der Waals surface area contributed by atoms with E-state index >= 15 is 0 Å². The number of halogens is 1. The Morgan fingerprint density at radius 1 is 1.23 bits per heavy atom. The highest BCUT2D eigenvalue weighted by atomic mass is 35.5. The lowest BCUT2D eigenvalue weighted by Crippen LogP contribution is -2.44. The van der Waals surface area contributed by atoms with Crippen molar-refractivity contribution in [2.75, 3.05) is 24.1 Å². The summed E-state index contributed by atoms with van der Waals surface area (Å²) in [4.78, 5) is 27.5. The van der Waals surface area contributed by atoms with E-state index < -0.39 is 6.04 Å². The van der Waals surface area contributed by atoms with Gasteiger partial charge in [0.05, 0.1) is 31.3 Å². The molecular formula is C22H21ClN4O3S. The van der Waals surface area contributed by atoms with Crippen molar-refractivity contribution in [2.45, 2.75) is 12.6 Å². The van der Waals surface area contributed by atoms with E-state index in [9.17, 15) is 9.59 Å². The first-order chi connectivity index (χ1) is 15.0. The molecule has 0 aliphatic carbocycles. The molecule has 1 N–H and O–H groups in total. The Bertz CT molecular complexity index is 1090. The Balaban J connectivity index is 1.43. The fraction of sp³-hybridized carbons (Fsp3) is 0.227. The number of aromatic nitrogens is 2. The van der Waals surface area contributed by atoms with Crippen LogP contribution in [0.3, 0.4) is 0 Å². The SMILES string of the molecule is COc1ccc(NC(=O)C2CSCN2C(=O)c2cnn(Cc3ccccc3Cl)c2)cc1. The zero-order chi connectivity index (χ0) is 21.8. The van der Waals surface area contributed by atoms with Crippen molar-refractivity contribution < 1.29 is 14.3 Å². The maximum absolute atomic E-state index is 13.1. The standard InChI is InChI=1S/C22H21ClN4O3S/c1-30-18-8-6-17(7-9-18)25-21(28)20-13-31-14-27(20)22(29)16-10-24-26(12-16)11-15-4-2-3-5-19(15)23/h2-10,12,20H,11,13-14H2,1H3,(H,25,28). The molecule has 0 spiro atoms. The number of hydrogen-bond acceptors (Lipinski definition) is 5. The molecule has 7 nitrogen and oxygen atoms in total. The molecule has 1 aliphatic rings. The zero-order valence-corrected chi connectivity index (χ0v) is 18.4. The summed E-state index contributed by atoms with van der Waals surface area (Å²) in [6.45, 7) is 0.461. The third-order valence-corrected chi connectivity index (χ3v) is 6.35. The Labute approximate surface area is 189 Å². The molecule has 9 heteroatoms. The van der Waals surface area contributed by atoms with Crippen LogP contribution < -0.4 is 10.1 Å². The van der Waals surface area contributed by atoms with Crippen LogP contribution in [0.1, 0.15) is 15.9 Å². The summed E-state index contributed by atoms with van der Waals surface area (Å²) in [6.07, 6.45) is 3.22. The minimum atomic E-state index is -0.550. The number of benzene rings is 2. The molecule has 1 unspecified atom stereocenters. The monoisotopic (exact) mass is 456 g/mol. The summed E-state index contributed by atoms with van der Waals surface area (Å²) < 4.78 is 6.80. The van der Waals surface area contributed by atoms with Gasteiger partial charge in [-0.15, -0.1) is 11.8 Å². The van der Waals surface area contributed by atoms with Crippen molar-refractivity contribution in [3.63, 3.8) is 0 Å². The number of hydrogen-bond donors (Lipinski definition) is 1. The first-order valence-electron chi connectivity index (χ1n) is 9.64. The van der Waals surface area contributed by atoms with Gasteiger partial charge in [-0.25, -0.2) is 0 Å². The number of methoxy groups -OCH3 is 1. The van der Waals surface area contributed by atoms with Crippen LogP contribution >= 0.6 is 23.4 Å². The summed E-state index contributed by atoms with van der Waals surface area (Å²) in [6, 6.07) is 14.0. The third-order valence-electron chi connectivity index (χ3n) is 4.97. The van der Waals surface area contributed by atoms with E-state index in [0.29, 0.717) is 40.2 Å². The normalized spacial score (nSPS) is 15.7. The van der Waals surface area contributed by atoms with Gasteiger partial charge in [0.1, 0.15) is 11.8 Å². The Kier molecular flexibility index (Phi) is 6.48. The zero-order valence-electron chi connectivity index (χ0n) is 16.8. The number of nitrogens with one attached hydrogen (secondary N) is 1. The molecule has 0 radical (unpaired) electrons. The van der Waals surface area contributed by atoms with Gasteiger partial charge in [0.15, 0.2) is 0 Å². The van der Waals surface area contributed by atoms with Crippen molar-refractivity contribution >= 4 is 40.9 Å². The predicted molar refractivity (Wildman–Crippen MR) is 122 cm³/mol. The molecule has 1 aliphatic heterocycles. The largest absolute Gasteiger partial charge is 0.497 e. The summed E-state index contributed by atoms with van der Waals surface area (Å²) in [5.41, 5.74) is 2.01. The van der Waals surface area contributed by atoms with E-state index in [2.05, 4.69) is 10.4 Å². The molecule has 1 fully saturated rings. The topological polar surface area (TPSA) is 76.5 Å². The second kappa shape index (κ2) is 9.45. The molecule has 1 atom stereocenters. The third kappa shape index (κ3) is 4.86. The van der Waals surface area contributed by atoms with Crippen LogP contribution in [-0.4, -0.2) is 51.3 Å². The van der Waals surface area contributed by atoms with Crippen molar-refractivity contribution in [3.05, 3.63) is 77.1 Å². The smallest absolute Gasteiger partial charge is 0.258 e. The number of nitrogens with zero attached hydrogens (tertiary/aromatic N) is 3. The lowest BCUT2D eigenvalue weighted by Gasteiger charge is -2.22. The van der Waals surface area contributed by atoms with Gasteiger partial charge >= 0.3 is 0 Å². The summed E-state index contributed by atoms with van der Waals surface area (Å²) in [7, 11) is 1.59. The van der Waals surface area contributed by atoms with Crippen molar-refractivity contribution in [1.29, 1.82) is 0 Å². The van der Waals surface area contributed by atoms with E-state index in [1.165, 1.54) is 6.20 Å². The van der Waals surface area contributed by atoms with Crippen LogP contribution in [0.25, 0.3) is 0 Å². The average molecular weight is 457 g/mol. The van der Waals surface area contributed by atoms with Gasteiger partial charge in [-0.2, -0.15) is 5.10 Å².